The zero-order valence-corrected chi connectivity index (χ0v) is 12.2. The van der Waals surface area contributed by atoms with Crippen LogP contribution in [0.4, 0.5) is 5.69 Å². The van der Waals surface area contributed by atoms with Gasteiger partial charge in [0.25, 0.3) is 0 Å². The number of aryl methyl sites for hydroxylation is 2. The molecule has 0 saturated heterocycles. The van der Waals surface area contributed by atoms with Crippen LogP contribution in [0, 0.1) is 13.8 Å². The zero-order chi connectivity index (χ0) is 13.3. The van der Waals surface area contributed by atoms with Crippen molar-refractivity contribution in [3.8, 4) is 5.75 Å². The third-order valence-corrected chi connectivity index (χ3v) is 3.63. The minimum atomic E-state index is 0.257. The molecule has 5 heteroatoms. The van der Waals surface area contributed by atoms with Crippen LogP contribution < -0.4 is 5.32 Å². The Morgan fingerprint density at radius 2 is 2.11 bits per heavy atom. The van der Waals surface area contributed by atoms with Crippen molar-refractivity contribution in [3.63, 3.8) is 0 Å². The van der Waals surface area contributed by atoms with Gasteiger partial charge in [0, 0.05) is 13.6 Å². The van der Waals surface area contributed by atoms with E-state index in [0.29, 0.717) is 11.0 Å². The number of anilines is 1. The zero-order valence-electron chi connectivity index (χ0n) is 10.7. The number of nitrogens with zero attached hydrogens (tertiary/aromatic N) is 2. The summed E-state index contributed by atoms with van der Waals surface area (Å²) in [5, 5.41) is 17.2. The monoisotopic (exact) mass is 309 g/mol. The van der Waals surface area contributed by atoms with Crippen molar-refractivity contribution < 1.29 is 5.11 Å². The maximum atomic E-state index is 9.44. The summed E-state index contributed by atoms with van der Waals surface area (Å²) in [4.78, 5) is 0. The quantitative estimate of drug-likeness (QED) is 0.916. The average Bonchev–Trinajstić information content (AvgIpc) is 2.56. The molecule has 0 spiro atoms. The van der Waals surface area contributed by atoms with E-state index in [-0.39, 0.29) is 5.75 Å². The van der Waals surface area contributed by atoms with Crippen molar-refractivity contribution in [3.05, 3.63) is 39.6 Å². The first-order valence-electron chi connectivity index (χ1n) is 5.70. The van der Waals surface area contributed by atoms with Gasteiger partial charge in [0.05, 0.1) is 21.5 Å². The molecule has 1 aromatic carbocycles. The van der Waals surface area contributed by atoms with Gasteiger partial charge in [-0.15, -0.1) is 0 Å². The molecular formula is C13H16BrN3O. The number of rotatable bonds is 3. The van der Waals surface area contributed by atoms with Crippen LogP contribution in [-0.2, 0) is 13.6 Å². The second-order valence-corrected chi connectivity index (χ2v) is 5.16. The highest BCUT2D eigenvalue weighted by atomic mass is 79.9. The number of hydrogen-bond acceptors (Lipinski definition) is 3. The summed E-state index contributed by atoms with van der Waals surface area (Å²) in [5.41, 5.74) is 4.28. The molecular weight excluding hydrogens is 294 g/mol. The van der Waals surface area contributed by atoms with Gasteiger partial charge in [0.2, 0.25) is 0 Å². The highest BCUT2D eigenvalue weighted by Gasteiger charge is 2.08. The topological polar surface area (TPSA) is 50.1 Å². The van der Waals surface area contributed by atoms with Crippen LogP contribution in [0.3, 0.4) is 0 Å². The second kappa shape index (κ2) is 5.02. The molecule has 2 N–H and O–H groups in total. The van der Waals surface area contributed by atoms with E-state index in [1.807, 2.05) is 37.7 Å². The fraction of sp³-hybridized carbons (Fsp3) is 0.308. The van der Waals surface area contributed by atoms with E-state index in [9.17, 15) is 5.11 Å². The fourth-order valence-corrected chi connectivity index (χ4v) is 2.31. The number of hydrogen-bond donors (Lipinski definition) is 2. The molecule has 4 nitrogen and oxygen atoms in total. The van der Waals surface area contributed by atoms with E-state index in [0.717, 1.165) is 22.6 Å². The van der Waals surface area contributed by atoms with Gasteiger partial charge < -0.3 is 10.4 Å². The predicted molar refractivity (Wildman–Crippen MR) is 75.8 cm³/mol. The van der Waals surface area contributed by atoms with Crippen LogP contribution in [-0.4, -0.2) is 14.9 Å². The Morgan fingerprint density at radius 1 is 1.39 bits per heavy atom. The summed E-state index contributed by atoms with van der Waals surface area (Å²) in [7, 11) is 1.94. The summed E-state index contributed by atoms with van der Waals surface area (Å²) < 4.78 is 2.58. The molecule has 0 aliphatic heterocycles. The Balaban J connectivity index is 2.14. The number of phenolic OH excluding ortho intramolecular Hbond substituents is 1. The van der Waals surface area contributed by atoms with Crippen LogP contribution in [0.1, 0.15) is 17.0 Å². The van der Waals surface area contributed by atoms with Gasteiger partial charge in [0.1, 0.15) is 5.75 Å². The van der Waals surface area contributed by atoms with Gasteiger partial charge >= 0.3 is 0 Å². The molecule has 0 fully saturated rings. The molecule has 0 saturated carbocycles. The minimum absolute atomic E-state index is 0.257. The number of benzene rings is 1. The SMILES string of the molecule is Cc1nn(C)c(C)c1NCc1ccc(O)c(Br)c1. The van der Waals surface area contributed by atoms with Gasteiger partial charge in [0.15, 0.2) is 0 Å². The molecule has 0 aliphatic carbocycles. The molecule has 0 atom stereocenters. The first-order valence-corrected chi connectivity index (χ1v) is 6.50. The second-order valence-electron chi connectivity index (χ2n) is 4.31. The Hall–Kier alpha value is -1.49. The smallest absolute Gasteiger partial charge is 0.129 e. The van der Waals surface area contributed by atoms with E-state index in [1.54, 1.807) is 6.07 Å². The Kier molecular flexibility index (Phi) is 3.61. The van der Waals surface area contributed by atoms with Crippen LogP contribution >= 0.6 is 15.9 Å². The van der Waals surface area contributed by atoms with Crippen molar-refractivity contribution in [2.45, 2.75) is 20.4 Å². The first-order chi connectivity index (χ1) is 8.49. The summed E-state index contributed by atoms with van der Waals surface area (Å²) in [5.74, 6) is 0.257. The van der Waals surface area contributed by atoms with E-state index in [2.05, 4.69) is 26.3 Å². The van der Waals surface area contributed by atoms with Gasteiger partial charge in [-0.3, -0.25) is 4.68 Å². The number of aromatic nitrogens is 2. The molecule has 18 heavy (non-hydrogen) atoms. The van der Waals surface area contributed by atoms with Crippen molar-refractivity contribution in [1.29, 1.82) is 0 Å². The minimum Gasteiger partial charge on any atom is -0.507 e. The van der Waals surface area contributed by atoms with Gasteiger partial charge in [-0.05, 0) is 47.5 Å². The summed E-state index contributed by atoms with van der Waals surface area (Å²) in [6.45, 7) is 4.73. The molecule has 96 valence electrons. The van der Waals surface area contributed by atoms with Gasteiger partial charge in [-0.25, -0.2) is 0 Å². The Bertz CT molecular complexity index is 578. The number of halogens is 1. The molecule has 0 aliphatic rings. The Morgan fingerprint density at radius 3 is 2.67 bits per heavy atom. The predicted octanol–water partition coefficient (Wildman–Crippen LogP) is 3.12. The maximum absolute atomic E-state index is 9.44. The van der Waals surface area contributed by atoms with E-state index in [1.165, 1.54) is 0 Å². The third kappa shape index (κ3) is 2.51. The molecule has 0 bridgehead atoms. The molecule has 0 amide bonds. The van der Waals surface area contributed by atoms with Crippen molar-refractivity contribution in [2.75, 3.05) is 5.32 Å². The summed E-state index contributed by atoms with van der Waals surface area (Å²) in [6, 6.07) is 5.49. The number of aromatic hydroxyl groups is 1. The lowest BCUT2D eigenvalue weighted by Gasteiger charge is -2.08. The lowest BCUT2D eigenvalue weighted by Crippen LogP contribution is -2.01. The maximum Gasteiger partial charge on any atom is 0.129 e. The summed E-state index contributed by atoms with van der Waals surface area (Å²) >= 11 is 3.31. The van der Waals surface area contributed by atoms with E-state index >= 15 is 0 Å². The molecule has 2 rings (SSSR count). The largest absolute Gasteiger partial charge is 0.507 e. The number of phenols is 1. The standard InChI is InChI=1S/C13H16BrN3O/c1-8-13(9(2)17(3)16-8)15-7-10-4-5-12(18)11(14)6-10/h4-6,15,18H,7H2,1-3H3. The van der Waals surface area contributed by atoms with E-state index in [4.69, 9.17) is 0 Å². The molecule has 1 aromatic heterocycles. The molecule has 1 heterocycles. The van der Waals surface area contributed by atoms with Crippen LogP contribution in [0.25, 0.3) is 0 Å². The summed E-state index contributed by atoms with van der Waals surface area (Å²) in [6.07, 6.45) is 0. The van der Waals surface area contributed by atoms with Crippen LogP contribution in [0.15, 0.2) is 22.7 Å². The van der Waals surface area contributed by atoms with Crippen molar-refractivity contribution in [2.24, 2.45) is 7.05 Å². The average molecular weight is 310 g/mol. The van der Waals surface area contributed by atoms with E-state index < -0.39 is 0 Å². The lowest BCUT2D eigenvalue weighted by atomic mass is 10.2. The van der Waals surface area contributed by atoms with Gasteiger partial charge in [-0.2, -0.15) is 5.10 Å². The fourth-order valence-electron chi connectivity index (χ4n) is 1.88. The lowest BCUT2D eigenvalue weighted by molar-refractivity contribution is 0.471. The van der Waals surface area contributed by atoms with Crippen molar-refractivity contribution >= 4 is 21.6 Å². The van der Waals surface area contributed by atoms with Crippen LogP contribution in [0.2, 0.25) is 0 Å². The Labute approximate surface area is 115 Å². The molecule has 2 aromatic rings. The molecule has 0 radical (unpaired) electrons. The highest BCUT2D eigenvalue weighted by molar-refractivity contribution is 9.10. The van der Waals surface area contributed by atoms with Gasteiger partial charge in [-0.1, -0.05) is 6.07 Å². The third-order valence-electron chi connectivity index (χ3n) is 2.99. The van der Waals surface area contributed by atoms with Crippen molar-refractivity contribution in [1.82, 2.24) is 9.78 Å². The number of nitrogens with one attached hydrogen (secondary N) is 1. The molecule has 0 unspecified atom stereocenters. The normalized spacial score (nSPS) is 10.7. The highest BCUT2D eigenvalue weighted by Crippen LogP contribution is 2.25. The first kappa shape index (κ1) is 13.0. The van der Waals surface area contributed by atoms with Crippen LogP contribution in [0.5, 0.6) is 5.75 Å².